The average Bonchev–Trinajstić information content (AvgIpc) is 3.14. The van der Waals surface area contributed by atoms with Gasteiger partial charge >= 0.3 is 0 Å². The molecule has 2 heterocycles. The van der Waals surface area contributed by atoms with Crippen molar-refractivity contribution in [2.24, 2.45) is 0 Å². The highest BCUT2D eigenvalue weighted by Gasteiger charge is 2.47. The first-order valence-corrected chi connectivity index (χ1v) is 8.03. The van der Waals surface area contributed by atoms with E-state index in [1.165, 1.54) is 37.9 Å². The molecular formula is C17H24N2O. The van der Waals surface area contributed by atoms with Crippen molar-refractivity contribution in [3.05, 3.63) is 35.9 Å². The summed E-state index contributed by atoms with van der Waals surface area (Å²) in [7, 11) is 0. The van der Waals surface area contributed by atoms with E-state index in [9.17, 15) is 5.11 Å². The first kappa shape index (κ1) is 12.8. The van der Waals surface area contributed by atoms with E-state index in [0.29, 0.717) is 18.1 Å². The van der Waals surface area contributed by atoms with Crippen LogP contribution in [0.1, 0.15) is 31.2 Å². The predicted octanol–water partition coefficient (Wildman–Crippen LogP) is 1.86. The number of fused-ring (bicyclic) bond motifs is 2. The third-order valence-corrected chi connectivity index (χ3v) is 5.49. The molecule has 3 nitrogen and oxygen atoms in total. The molecule has 2 aliphatic heterocycles. The first-order valence-electron chi connectivity index (χ1n) is 8.03. The Morgan fingerprint density at radius 1 is 1.05 bits per heavy atom. The van der Waals surface area contributed by atoms with Gasteiger partial charge in [-0.15, -0.1) is 0 Å². The summed E-state index contributed by atoms with van der Waals surface area (Å²) in [6.45, 7) is 3.44. The number of benzene rings is 1. The molecule has 1 aliphatic carbocycles. The molecule has 0 amide bonds. The zero-order chi connectivity index (χ0) is 13.5. The molecule has 108 valence electrons. The molecule has 4 rings (SSSR count). The molecule has 20 heavy (non-hydrogen) atoms. The van der Waals surface area contributed by atoms with E-state index in [-0.39, 0.29) is 6.10 Å². The molecule has 2 saturated heterocycles. The van der Waals surface area contributed by atoms with Gasteiger partial charge < -0.3 is 5.11 Å². The Bertz CT molecular complexity index is 463. The maximum absolute atomic E-state index is 10.1. The lowest BCUT2D eigenvalue weighted by molar-refractivity contribution is 0.0299. The van der Waals surface area contributed by atoms with Crippen LogP contribution in [0.2, 0.25) is 0 Å². The van der Waals surface area contributed by atoms with Gasteiger partial charge in [0.15, 0.2) is 0 Å². The second-order valence-corrected chi connectivity index (χ2v) is 6.72. The molecule has 4 atom stereocenters. The van der Waals surface area contributed by atoms with Crippen LogP contribution in [0.3, 0.4) is 0 Å². The summed E-state index contributed by atoms with van der Waals surface area (Å²) in [4.78, 5) is 5.25. The third-order valence-electron chi connectivity index (χ3n) is 5.49. The number of hydrogen-bond acceptors (Lipinski definition) is 3. The zero-order valence-electron chi connectivity index (χ0n) is 12.0. The normalized spacial score (nSPS) is 37.9. The molecule has 2 unspecified atom stereocenters. The molecule has 2 bridgehead atoms. The number of aliphatic hydroxyl groups is 1. The van der Waals surface area contributed by atoms with Gasteiger partial charge in [-0.1, -0.05) is 30.3 Å². The molecule has 1 N–H and O–H groups in total. The van der Waals surface area contributed by atoms with Gasteiger partial charge in [0.05, 0.1) is 6.10 Å². The topological polar surface area (TPSA) is 26.7 Å². The van der Waals surface area contributed by atoms with Crippen LogP contribution in [-0.2, 0) is 6.54 Å². The van der Waals surface area contributed by atoms with Crippen LogP contribution in [0, 0.1) is 0 Å². The quantitative estimate of drug-likeness (QED) is 0.910. The SMILES string of the molecule is O[C@@H]1CCC[C@H]1N1CC2CC1CN2Cc1ccccc1. The van der Waals surface area contributed by atoms with Crippen molar-refractivity contribution in [1.82, 2.24) is 9.80 Å². The smallest absolute Gasteiger partial charge is 0.0695 e. The summed E-state index contributed by atoms with van der Waals surface area (Å²) in [5, 5.41) is 10.1. The molecule has 3 aliphatic rings. The average molecular weight is 272 g/mol. The lowest BCUT2D eigenvalue weighted by Gasteiger charge is -2.38. The molecule has 0 aromatic heterocycles. The van der Waals surface area contributed by atoms with Crippen LogP contribution in [0.25, 0.3) is 0 Å². The molecule has 1 aromatic rings. The van der Waals surface area contributed by atoms with E-state index in [0.717, 1.165) is 13.0 Å². The largest absolute Gasteiger partial charge is 0.391 e. The van der Waals surface area contributed by atoms with Gasteiger partial charge in [-0.05, 0) is 31.2 Å². The van der Waals surface area contributed by atoms with Gasteiger partial charge in [-0.3, -0.25) is 9.80 Å². The van der Waals surface area contributed by atoms with Gasteiger partial charge in [0.25, 0.3) is 0 Å². The van der Waals surface area contributed by atoms with Crippen molar-refractivity contribution in [3.63, 3.8) is 0 Å². The fraction of sp³-hybridized carbons (Fsp3) is 0.647. The number of aliphatic hydroxyl groups excluding tert-OH is 1. The standard InChI is InChI=1S/C17H24N2O/c20-17-8-4-7-16(17)19-12-14-9-15(19)11-18(14)10-13-5-2-1-3-6-13/h1-3,5-6,14-17,20H,4,7-12H2/t14?,15?,16-,17-/m1/s1. The minimum Gasteiger partial charge on any atom is -0.391 e. The Morgan fingerprint density at radius 3 is 2.55 bits per heavy atom. The van der Waals surface area contributed by atoms with E-state index in [1.807, 2.05) is 0 Å². The molecule has 3 fully saturated rings. The lowest BCUT2D eigenvalue weighted by atomic mass is 10.1. The van der Waals surface area contributed by atoms with E-state index in [1.54, 1.807) is 0 Å². The maximum Gasteiger partial charge on any atom is 0.0695 e. The Balaban J connectivity index is 1.40. The summed E-state index contributed by atoms with van der Waals surface area (Å²) in [5.41, 5.74) is 1.42. The van der Waals surface area contributed by atoms with E-state index >= 15 is 0 Å². The van der Waals surface area contributed by atoms with E-state index in [2.05, 4.69) is 40.1 Å². The van der Waals surface area contributed by atoms with Gasteiger partial charge in [-0.25, -0.2) is 0 Å². The minimum atomic E-state index is -0.0723. The molecule has 3 heteroatoms. The molecular weight excluding hydrogens is 248 g/mol. The van der Waals surface area contributed by atoms with Gasteiger partial charge in [-0.2, -0.15) is 0 Å². The highest BCUT2D eigenvalue weighted by Crippen LogP contribution is 2.37. The molecule has 0 radical (unpaired) electrons. The summed E-state index contributed by atoms with van der Waals surface area (Å²) in [6, 6.07) is 12.6. The Morgan fingerprint density at radius 2 is 1.90 bits per heavy atom. The lowest BCUT2D eigenvalue weighted by Crippen LogP contribution is -2.52. The van der Waals surface area contributed by atoms with Crippen molar-refractivity contribution in [1.29, 1.82) is 0 Å². The summed E-state index contributed by atoms with van der Waals surface area (Å²) >= 11 is 0. The maximum atomic E-state index is 10.1. The van der Waals surface area contributed by atoms with Crippen LogP contribution in [0.5, 0.6) is 0 Å². The second-order valence-electron chi connectivity index (χ2n) is 6.72. The van der Waals surface area contributed by atoms with Crippen LogP contribution < -0.4 is 0 Å². The Labute approximate surface area is 121 Å². The first-order chi connectivity index (χ1) is 9.81. The number of piperazine rings is 1. The number of likely N-dealkylation sites (tertiary alicyclic amines) is 2. The Hall–Kier alpha value is -0.900. The minimum absolute atomic E-state index is 0.0723. The van der Waals surface area contributed by atoms with Crippen molar-refractivity contribution < 1.29 is 5.11 Å². The molecule has 1 saturated carbocycles. The molecule has 0 spiro atoms. The molecule has 1 aromatic carbocycles. The highest BCUT2D eigenvalue weighted by molar-refractivity contribution is 5.16. The Kier molecular flexibility index (Phi) is 3.29. The fourth-order valence-corrected chi connectivity index (χ4v) is 4.51. The number of hydrogen-bond donors (Lipinski definition) is 1. The second kappa shape index (κ2) is 5.14. The highest BCUT2D eigenvalue weighted by atomic mass is 16.3. The number of rotatable bonds is 3. The summed E-state index contributed by atoms with van der Waals surface area (Å²) in [5.74, 6) is 0. The van der Waals surface area contributed by atoms with Crippen molar-refractivity contribution in [2.75, 3.05) is 13.1 Å². The van der Waals surface area contributed by atoms with Crippen molar-refractivity contribution in [3.8, 4) is 0 Å². The van der Waals surface area contributed by atoms with E-state index in [4.69, 9.17) is 0 Å². The monoisotopic (exact) mass is 272 g/mol. The van der Waals surface area contributed by atoms with Crippen LogP contribution in [-0.4, -0.2) is 52.2 Å². The fourth-order valence-electron chi connectivity index (χ4n) is 4.51. The van der Waals surface area contributed by atoms with Crippen LogP contribution in [0.4, 0.5) is 0 Å². The zero-order valence-corrected chi connectivity index (χ0v) is 12.0. The van der Waals surface area contributed by atoms with Crippen LogP contribution >= 0.6 is 0 Å². The summed E-state index contributed by atoms with van der Waals surface area (Å²) in [6.07, 6.45) is 4.63. The van der Waals surface area contributed by atoms with Crippen molar-refractivity contribution in [2.45, 2.75) is 56.5 Å². The van der Waals surface area contributed by atoms with E-state index < -0.39 is 0 Å². The summed E-state index contributed by atoms with van der Waals surface area (Å²) < 4.78 is 0. The van der Waals surface area contributed by atoms with Crippen LogP contribution in [0.15, 0.2) is 30.3 Å². The van der Waals surface area contributed by atoms with Gasteiger partial charge in [0.1, 0.15) is 0 Å². The van der Waals surface area contributed by atoms with Gasteiger partial charge in [0, 0.05) is 37.8 Å². The van der Waals surface area contributed by atoms with Gasteiger partial charge in [0.2, 0.25) is 0 Å². The number of nitrogens with zero attached hydrogens (tertiary/aromatic N) is 2. The predicted molar refractivity (Wildman–Crippen MR) is 79.4 cm³/mol. The van der Waals surface area contributed by atoms with Crippen molar-refractivity contribution >= 4 is 0 Å². The third kappa shape index (κ3) is 2.18.